The minimum atomic E-state index is -0.503. The first-order chi connectivity index (χ1) is 19.4. The number of amides is 1. The monoisotopic (exact) mass is 551 g/mol. The number of carbonyl (C=O) groups is 1. The van der Waals surface area contributed by atoms with Crippen LogP contribution in [0.5, 0.6) is 23.0 Å². The lowest BCUT2D eigenvalue weighted by molar-refractivity contribution is 0.0730. The molecule has 0 fully saturated rings. The molecule has 1 atom stereocenters. The van der Waals surface area contributed by atoms with Crippen LogP contribution in [-0.4, -0.2) is 33.2 Å². The van der Waals surface area contributed by atoms with Crippen molar-refractivity contribution < 1.29 is 19.4 Å². The first-order valence-corrected chi connectivity index (χ1v) is 13.1. The van der Waals surface area contributed by atoms with E-state index in [2.05, 4.69) is 10.2 Å². The average Bonchev–Trinajstić information content (AvgIpc) is 3.50. The van der Waals surface area contributed by atoms with Crippen LogP contribution in [-0.2, 0) is 6.54 Å². The fraction of sp³-hybridized carbons (Fsp3) is 0.125. The Kier molecular flexibility index (Phi) is 6.66. The highest BCUT2D eigenvalue weighted by Gasteiger charge is 2.42. The van der Waals surface area contributed by atoms with Crippen LogP contribution in [0.2, 0.25) is 5.02 Å². The molecule has 0 aliphatic carbocycles. The summed E-state index contributed by atoms with van der Waals surface area (Å²) in [6.45, 7) is 2.17. The number of nitrogens with one attached hydrogen (secondary N) is 1. The van der Waals surface area contributed by atoms with E-state index in [0.29, 0.717) is 45.6 Å². The minimum absolute atomic E-state index is 0.0390. The van der Waals surface area contributed by atoms with Crippen molar-refractivity contribution in [2.45, 2.75) is 19.5 Å². The number of fused-ring (bicyclic) bond motifs is 1. The zero-order chi connectivity index (χ0) is 27.8. The molecule has 0 bridgehead atoms. The zero-order valence-electron chi connectivity index (χ0n) is 21.9. The third-order valence-corrected chi connectivity index (χ3v) is 7.47. The number of aryl methyl sites for hydroxylation is 1. The van der Waals surface area contributed by atoms with E-state index >= 15 is 0 Å². The number of phenols is 1. The van der Waals surface area contributed by atoms with Gasteiger partial charge in [-0.25, -0.2) is 0 Å². The van der Waals surface area contributed by atoms with Gasteiger partial charge in [0.2, 0.25) is 0 Å². The van der Waals surface area contributed by atoms with Crippen molar-refractivity contribution in [2.24, 2.45) is 0 Å². The quantitative estimate of drug-likeness (QED) is 0.222. The number of hydrogen-bond donors (Lipinski definition) is 2. The molecule has 5 aromatic rings. The van der Waals surface area contributed by atoms with Crippen molar-refractivity contribution in [1.29, 1.82) is 0 Å². The number of carbonyl (C=O) groups excluding carboxylic acids is 1. The Morgan fingerprint density at radius 2 is 1.70 bits per heavy atom. The van der Waals surface area contributed by atoms with Gasteiger partial charge in [0, 0.05) is 22.7 Å². The van der Waals surface area contributed by atoms with Gasteiger partial charge in [-0.2, -0.15) is 5.10 Å². The maximum Gasteiger partial charge on any atom is 0.273 e. The normalized spacial score (nSPS) is 14.3. The second kappa shape index (κ2) is 10.4. The number of halogens is 1. The second-order valence-corrected chi connectivity index (χ2v) is 10.1. The molecule has 0 spiro atoms. The highest BCUT2D eigenvalue weighted by atomic mass is 35.5. The van der Waals surface area contributed by atoms with Crippen LogP contribution in [0.25, 0.3) is 11.3 Å². The number of aromatic nitrogens is 2. The molecule has 1 amide bonds. The van der Waals surface area contributed by atoms with Gasteiger partial charge in [-0.3, -0.25) is 9.89 Å². The van der Waals surface area contributed by atoms with Gasteiger partial charge in [0.15, 0.2) is 0 Å². The number of methoxy groups -OCH3 is 1. The van der Waals surface area contributed by atoms with Crippen molar-refractivity contribution in [3.8, 4) is 34.3 Å². The van der Waals surface area contributed by atoms with E-state index in [0.717, 1.165) is 22.4 Å². The number of nitrogens with zero attached hydrogens (tertiary/aromatic N) is 2. The number of phenolic OH excluding ortho intramolecular Hbond substituents is 1. The summed E-state index contributed by atoms with van der Waals surface area (Å²) in [5, 5.41) is 18.8. The lowest BCUT2D eigenvalue weighted by Gasteiger charge is -2.27. The summed E-state index contributed by atoms with van der Waals surface area (Å²) in [4.78, 5) is 15.6. The molecule has 2 heterocycles. The van der Waals surface area contributed by atoms with E-state index in [-0.39, 0.29) is 11.7 Å². The molecule has 6 rings (SSSR count). The molecule has 200 valence electrons. The predicted molar refractivity (Wildman–Crippen MR) is 153 cm³/mol. The topological polar surface area (TPSA) is 87.7 Å². The van der Waals surface area contributed by atoms with Gasteiger partial charge in [-0.15, -0.1) is 0 Å². The molecule has 8 heteroatoms. The molecule has 7 nitrogen and oxygen atoms in total. The molecule has 2 N–H and O–H groups in total. The van der Waals surface area contributed by atoms with Gasteiger partial charge in [0.1, 0.15) is 34.4 Å². The summed E-state index contributed by atoms with van der Waals surface area (Å²) in [5.74, 6) is 1.93. The van der Waals surface area contributed by atoms with Crippen LogP contribution >= 0.6 is 11.6 Å². The third-order valence-electron chi connectivity index (χ3n) is 7.06. The molecular formula is C32H26ClN3O4. The molecule has 1 aliphatic heterocycles. The van der Waals surface area contributed by atoms with E-state index < -0.39 is 6.04 Å². The summed E-state index contributed by atoms with van der Waals surface area (Å²) in [6.07, 6.45) is 0. The third kappa shape index (κ3) is 4.65. The van der Waals surface area contributed by atoms with Crippen molar-refractivity contribution in [3.05, 3.63) is 124 Å². The van der Waals surface area contributed by atoms with Gasteiger partial charge in [0.25, 0.3) is 5.91 Å². The molecule has 1 aliphatic rings. The van der Waals surface area contributed by atoms with Crippen LogP contribution in [0.1, 0.15) is 38.8 Å². The number of benzene rings is 4. The molecule has 1 aromatic heterocycles. The standard InChI is InChI=1S/C32H26ClN3O4/c1-19-15-27(37)25(17-26(19)33)29-28-30(35-34-29)32(38)36(18-20-11-13-22(39-2)14-12-20)31(28)21-7-6-10-24(16-21)40-23-8-4-3-5-9-23/h3-17,31,37H,18H2,1-2H3,(H,34,35). The van der Waals surface area contributed by atoms with Crippen molar-refractivity contribution >= 4 is 17.5 Å². The molecule has 40 heavy (non-hydrogen) atoms. The van der Waals surface area contributed by atoms with Gasteiger partial charge in [0.05, 0.1) is 13.2 Å². The number of rotatable bonds is 7. The average molecular weight is 552 g/mol. The number of H-pyrrole nitrogens is 1. The SMILES string of the molecule is COc1ccc(CN2C(=O)c3[nH]nc(-c4cc(Cl)c(C)cc4O)c3C2c2cccc(Oc3ccccc3)c2)cc1. The van der Waals surface area contributed by atoms with Gasteiger partial charge in [-0.05, 0) is 72.1 Å². The van der Waals surface area contributed by atoms with Crippen LogP contribution in [0.15, 0.2) is 91.0 Å². The molecule has 0 radical (unpaired) electrons. The van der Waals surface area contributed by atoms with Crippen LogP contribution in [0.4, 0.5) is 0 Å². The molecule has 1 unspecified atom stereocenters. The van der Waals surface area contributed by atoms with Crippen molar-refractivity contribution in [3.63, 3.8) is 0 Å². The fourth-order valence-corrected chi connectivity index (χ4v) is 5.23. The van der Waals surface area contributed by atoms with Crippen LogP contribution < -0.4 is 9.47 Å². The Morgan fingerprint density at radius 3 is 2.45 bits per heavy atom. The first kappa shape index (κ1) is 25.5. The second-order valence-electron chi connectivity index (χ2n) is 9.65. The summed E-state index contributed by atoms with van der Waals surface area (Å²) in [7, 11) is 1.62. The number of para-hydroxylation sites is 1. The maximum absolute atomic E-state index is 13.8. The molecule has 4 aromatic carbocycles. The van der Waals surface area contributed by atoms with E-state index in [1.165, 1.54) is 0 Å². The van der Waals surface area contributed by atoms with E-state index in [1.54, 1.807) is 24.1 Å². The Hall–Kier alpha value is -4.75. The van der Waals surface area contributed by atoms with E-state index in [4.69, 9.17) is 21.1 Å². The summed E-state index contributed by atoms with van der Waals surface area (Å²) >= 11 is 6.44. The van der Waals surface area contributed by atoms with Gasteiger partial charge >= 0.3 is 0 Å². The minimum Gasteiger partial charge on any atom is -0.507 e. The fourth-order valence-electron chi connectivity index (χ4n) is 5.07. The molecule has 0 saturated heterocycles. The maximum atomic E-state index is 13.8. The van der Waals surface area contributed by atoms with Crippen molar-refractivity contribution in [1.82, 2.24) is 15.1 Å². The van der Waals surface area contributed by atoms with Gasteiger partial charge in [-0.1, -0.05) is 54.1 Å². The van der Waals surface area contributed by atoms with Crippen LogP contribution in [0.3, 0.4) is 0 Å². The number of aromatic hydroxyl groups is 1. The van der Waals surface area contributed by atoms with Crippen LogP contribution in [0, 0.1) is 6.92 Å². The number of ether oxygens (including phenoxy) is 2. The summed E-state index contributed by atoms with van der Waals surface area (Å²) in [6, 6.07) is 27.6. The number of hydrogen-bond acceptors (Lipinski definition) is 5. The Labute approximate surface area is 236 Å². The highest BCUT2D eigenvalue weighted by Crippen LogP contribution is 2.46. The Morgan fingerprint density at radius 1 is 0.950 bits per heavy atom. The van der Waals surface area contributed by atoms with E-state index in [1.807, 2.05) is 85.8 Å². The lowest BCUT2D eigenvalue weighted by atomic mass is 9.95. The Balaban J connectivity index is 1.47. The summed E-state index contributed by atoms with van der Waals surface area (Å²) < 4.78 is 11.4. The van der Waals surface area contributed by atoms with Crippen molar-refractivity contribution in [2.75, 3.05) is 7.11 Å². The molecular weight excluding hydrogens is 526 g/mol. The highest BCUT2D eigenvalue weighted by molar-refractivity contribution is 6.31. The lowest BCUT2D eigenvalue weighted by Crippen LogP contribution is -2.29. The first-order valence-electron chi connectivity index (χ1n) is 12.8. The molecule has 0 saturated carbocycles. The van der Waals surface area contributed by atoms with Gasteiger partial charge < -0.3 is 19.5 Å². The zero-order valence-corrected chi connectivity index (χ0v) is 22.6. The predicted octanol–water partition coefficient (Wildman–Crippen LogP) is 7.29. The Bertz CT molecular complexity index is 1700. The summed E-state index contributed by atoms with van der Waals surface area (Å²) in [5.41, 5.74) is 4.50. The number of aromatic amines is 1. The van der Waals surface area contributed by atoms with E-state index in [9.17, 15) is 9.90 Å². The smallest absolute Gasteiger partial charge is 0.273 e. The largest absolute Gasteiger partial charge is 0.507 e.